The van der Waals surface area contributed by atoms with E-state index in [0.717, 1.165) is 4.90 Å². The van der Waals surface area contributed by atoms with Crippen molar-refractivity contribution in [1.29, 1.82) is 0 Å². The summed E-state index contributed by atoms with van der Waals surface area (Å²) in [6.07, 6.45) is 0. The Kier molecular flexibility index (Phi) is 2.84. The van der Waals surface area contributed by atoms with Gasteiger partial charge in [-0.2, -0.15) is 0 Å². The molecule has 0 aliphatic carbocycles. The average Bonchev–Trinajstić information content (AvgIpc) is 2.29. The molecule has 1 saturated heterocycles. The molecule has 0 radical (unpaired) electrons. The normalized spacial score (nSPS) is 16.1. The van der Waals surface area contributed by atoms with Gasteiger partial charge in [-0.15, -0.1) is 0 Å². The van der Waals surface area contributed by atoms with Crippen LogP contribution >= 0.6 is 0 Å². The smallest absolute Gasteiger partial charge is 0.271 e. The first-order chi connectivity index (χ1) is 8.09. The first kappa shape index (κ1) is 11.2. The highest BCUT2D eigenvalue weighted by atomic mass is 16.6. The number of morpholine rings is 1. The number of rotatable bonds is 2. The number of nitro groups is 1. The third-order valence-corrected chi connectivity index (χ3v) is 2.25. The lowest BCUT2D eigenvalue weighted by atomic mass is 10.2. The Morgan fingerprint density at radius 1 is 1.24 bits per heavy atom. The molecular weight excluding hydrogens is 228 g/mol. The second kappa shape index (κ2) is 4.30. The van der Waals surface area contributed by atoms with E-state index in [1.807, 2.05) is 0 Å². The minimum Gasteiger partial charge on any atom is -0.362 e. The molecule has 1 aliphatic heterocycles. The predicted molar refractivity (Wildman–Crippen MR) is 56.4 cm³/mol. The van der Waals surface area contributed by atoms with Gasteiger partial charge in [0.2, 0.25) is 0 Å². The Bertz CT molecular complexity index is 483. The first-order valence-electron chi connectivity index (χ1n) is 4.77. The Hall–Kier alpha value is -2.28. The zero-order valence-electron chi connectivity index (χ0n) is 8.66. The molecule has 0 aromatic heterocycles. The molecule has 1 aromatic rings. The third-order valence-electron chi connectivity index (χ3n) is 2.25. The number of carbonyl (C=O) groups excluding carboxylic acids is 2. The van der Waals surface area contributed by atoms with Crippen molar-refractivity contribution in [1.82, 2.24) is 0 Å². The van der Waals surface area contributed by atoms with Gasteiger partial charge in [0, 0.05) is 12.1 Å². The molecule has 88 valence electrons. The highest BCUT2D eigenvalue weighted by Gasteiger charge is 2.28. The summed E-state index contributed by atoms with van der Waals surface area (Å²) in [7, 11) is 0. The van der Waals surface area contributed by atoms with E-state index < -0.39 is 16.7 Å². The molecule has 0 N–H and O–H groups in total. The minimum atomic E-state index is -0.584. The quantitative estimate of drug-likeness (QED) is 0.423. The standard InChI is InChI=1S/C10H8N2O5/c13-9-5-17-6-10(14)11(9)7-2-1-3-8(4-7)12(15)16/h1-4H,5-6H2. The number of imide groups is 1. The van der Waals surface area contributed by atoms with Crippen molar-refractivity contribution < 1.29 is 19.2 Å². The average molecular weight is 236 g/mol. The third kappa shape index (κ3) is 2.13. The van der Waals surface area contributed by atoms with Crippen LogP contribution in [0.15, 0.2) is 24.3 Å². The molecule has 2 rings (SSSR count). The number of hydrogen-bond acceptors (Lipinski definition) is 5. The van der Waals surface area contributed by atoms with Gasteiger partial charge in [-0.05, 0) is 6.07 Å². The predicted octanol–water partition coefficient (Wildman–Crippen LogP) is 0.485. The van der Waals surface area contributed by atoms with Gasteiger partial charge >= 0.3 is 0 Å². The fraction of sp³-hybridized carbons (Fsp3) is 0.200. The number of carbonyl (C=O) groups is 2. The topological polar surface area (TPSA) is 89.8 Å². The first-order valence-corrected chi connectivity index (χ1v) is 4.77. The van der Waals surface area contributed by atoms with Gasteiger partial charge in [0.1, 0.15) is 13.2 Å². The number of nitro benzene ring substituents is 1. The summed E-state index contributed by atoms with van der Waals surface area (Å²) in [6, 6.07) is 5.36. The fourth-order valence-corrected chi connectivity index (χ4v) is 1.53. The summed E-state index contributed by atoms with van der Waals surface area (Å²) in [6.45, 7) is -0.400. The Labute approximate surface area is 95.7 Å². The molecule has 0 atom stereocenters. The van der Waals surface area contributed by atoms with E-state index in [1.165, 1.54) is 24.3 Å². The SMILES string of the molecule is O=C1COCC(=O)N1c1cccc([N+](=O)[O-])c1. The van der Waals surface area contributed by atoms with Crippen LogP contribution in [0, 0.1) is 10.1 Å². The van der Waals surface area contributed by atoms with E-state index >= 15 is 0 Å². The summed E-state index contributed by atoms with van der Waals surface area (Å²) >= 11 is 0. The minimum absolute atomic E-state index is 0.172. The van der Waals surface area contributed by atoms with Crippen LogP contribution in [0.1, 0.15) is 0 Å². The second-order valence-corrected chi connectivity index (χ2v) is 3.39. The van der Waals surface area contributed by atoms with Gasteiger partial charge in [0.15, 0.2) is 0 Å². The molecule has 0 bridgehead atoms. The van der Waals surface area contributed by atoms with Crippen molar-refractivity contribution in [2.75, 3.05) is 18.1 Å². The van der Waals surface area contributed by atoms with Crippen LogP contribution in [-0.4, -0.2) is 30.0 Å². The van der Waals surface area contributed by atoms with Gasteiger partial charge < -0.3 is 4.74 Å². The number of ether oxygens (including phenoxy) is 1. The van der Waals surface area contributed by atoms with Gasteiger partial charge in [-0.1, -0.05) is 6.07 Å². The molecule has 17 heavy (non-hydrogen) atoms. The van der Waals surface area contributed by atoms with Crippen molar-refractivity contribution in [3.8, 4) is 0 Å². The van der Waals surface area contributed by atoms with Crippen LogP contribution in [0.2, 0.25) is 0 Å². The van der Waals surface area contributed by atoms with Crippen LogP contribution in [0.5, 0.6) is 0 Å². The van der Waals surface area contributed by atoms with Crippen LogP contribution < -0.4 is 4.90 Å². The zero-order chi connectivity index (χ0) is 12.4. The van der Waals surface area contributed by atoms with Crippen LogP contribution in [-0.2, 0) is 14.3 Å². The number of nitrogens with zero attached hydrogens (tertiary/aromatic N) is 2. The van der Waals surface area contributed by atoms with Crippen molar-refractivity contribution >= 4 is 23.2 Å². The molecule has 2 amide bonds. The number of amides is 2. The van der Waals surface area contributed by atoms with E-state index in [2.05, 4.69) is 0 Å². The zero-order valence-corrected chi connectivity index (χ0v) is 8.66. The summed E-state index contributed by atoms with van der Waals surface area (Å²) in [5.41, 5.74) is 0.0205. The molecule has 7 heteroatoms. The molecule has 1 aromatic carbocycles. The lowest BCUT2D eigenvalue weighted by Gasteiger charge is -2.24. The van der Waals surface area contributed by atoms with Crippen molar-refractivity contribution in [2.24, 2.45) is 0 Å². The molecule has 1 aliphatic rings. The van der Waals surface area contributed by atoms with Crippen LogP contribution in [0.4, 0.5) is 11.4 Å². The van der Waals surface area contributed by atoms with Crippen molar-refractivity contribution in [3.63, 3.8) is 0 Å². The Morgan fingerprint density at radius 3 is 2.47 bits per heavy atom. The Balaban J connectivity index is 2.38. The Morgan fingerprint density at radius 2 is 1.88 bits per heavy atom. The summed E-state index contributed by atoms with van der Waals surface area (Å²) in [5, 5.41) is 10.6. The van der Waals surface area contributed by atoms with Gasteiger partial charge in [-0.3, -0.25) is 19.7 Å². The molecule has 0 spiro atoms. The maximum absolute atomic E-state index is 11.5. The van der Waals surface area contributed by atoms with E-state index in [-0.39, 0.29) is 24.6 Å². The summed E-state index contributed by atoms with van der Waals surface area (Å²) in [5.74, 6) is -1.05. The van der Waals surface area contributed by atoms with Gasteiger partial charge in [0.05, 0.1) is 10.6 Å². The summed E-state index contributed by atoms with van der Waals surface area (Å²) in [4.78, 5) is 33.9. The number of anilines is 1. The van der Waals surface area contributed by atoms with Gasteiger partial charge in [0.25, 0.3) is 17.5 Å². The lowest BCUT2D eigenvalue weighted by molar-refractivity contribution is -0.384. The molecular formula is C10H8N2O5. The second-order valence-electron chi connectivity index (χ2n) is 3.39. The van der Waals surface area contributed by atoms with Gasteiger partial charge in [-0.25, -0.2) is 4.90 Å². The van der Waals surface area contributed by atoms with E-state index in [0.29, 0.717) is 0 Å². The molecule has 0 saturated carbocycles. The lowest BCUT2D eigenvalue weighted by Crippen LogP contribution is -2.46. The van der Waals surface area contributed by atoms with Crippen LogP contribution in [0.25, 0.3) is 0 Å². The highest BCUT2D eigenvalue weighted by Crippen LogP contribution is 2.22. The van der Waals surface area contributed by atoms with E-state index in [9.17, 15) is 19.7 Å². The number of benzene rings is 1. The monoisotopic (exact) mass is 236 g/mol. The highest BCUT2D eigenvalue weighted by molar-refractivity contribution is 6.17. The maximum Gasteiger partial charge on any atom is 0.271 e. The van der Waals surface area contributed by atoms with Crippen molar-refractivity contribution in [3.05, 3.63) is 34.4 Å². The number of hydrogen-bond donors (Lipinski definition) is 0. The fourth-order valence-electron chi connectivity index (χ4n) is 1.53. The largest absolute Gasteiger partial charge is 0.362 e. The molecule has 1 fully saturated rings. The molecule has 7 nitrogen and oxygen atoms in total. The maximum atomic E-state index is 11.5. The number of non-ortho nitro benzene ring substituents is 1. The van der Waals surface area contributed by atoms with E-state index in [4.69, 9.17) is 4.74 Å². The van der Waals surface area contributed by atoms with Crippen LogP contribution in [0.3, 0.4) is 0 Å². The molecule has 0 unspecified atom stereocenters. The van der Waals surface area contributed by atoms with E-state index in [1.54, 1.807) is 0 Å². The van der Waals surface area contributed by atoms with Crippen molar-refractivity contribution in [2.45, 2.75) is 0 Å². The molecule has 1 heterocycles. The summed E-state index contributed by atoms with van der Waals surface area (Å²) < 4.78 is 4.75.